The van der Waals surface area contributed by atoms with Crippen molar-refractivity contribution in [3.8, 4) is 11.5 Å². The number of ether oxygens (including phenoxy) is 2. The van der Waals surface area contributed by atoms with Crippen molar-refractivity contribution >= 4 is 28.3 Å². The molecule has 0 radical (unpaired) electrons. The molecule has 1 fully saturated rings. The highest BCUT2D eigenvalue weighted by Crippen LogP contribution is 2.38. The molecule has 1 aliphatic rings. The summed E-state index contributed by atoms with van der Waals surface area (Å²) in [6, 6.07) is 3.43. The minimum absolute atomic E-state index is 0. The first kappa shape index (κ1) is 18.5. The van der Waals surface area contributed by atoms with Crippen molar-refractivity contribution < 1.29 is 13.9 Å². The van der Waals surface area contributed by atoms with Gasteiger partial charge in [0.2, 0.25) is 0 Å². The number of hydrogen-bond acceptors (Lipinski definition) is 4. The molecule has 0 aliphatic carbocycles. The highest BCUT2D eigenvalue weighted by Gasteiger charge is 2.25. The summed E-state index contributed by atoms with van der Waals surface area (Å²) in [6.07, 6.45) is 0. The van der Waals surface area contributed by atoms with Crippen LogP contribution in [-0.2, 0) is 0 Å². The van der Waals surface area contributed by atoms with Gasteiger partial charge in [-0.3, -0.25) is 4.90 Å². The standard InChI is InChI=1S/C14H20BrFN2O2.ClH/c1-19-13-7-10(11(15)8-14(13)20-2)12(9-16)18-5-3-17-4-6-18;/h7-8,12,17H,3-6,9H2,1-2H3;1H/t12-;/m0./s1. The van der Waals surface area contributed by atoms with Crippen LogP contribution in [0.4, 0.5) is 4.39 Å². The van der Waals surface area contributed by atoms with E-state index in [4.69, 9.17) is 9.47 Å². The van der Waals surface area contributed by atoms with Crippen molar-refractivity contribution in [2.75, 3.05) is 47.1 Å². The molecule has 1 heterocycles. The lowest BCUT2D eigenvalue weighted by Gasteiger charge is -2.34. The predicted molar refractivity (Wildman–Crippen MR) is 87.7 cm³/mol. The normalized spacial score (nSPS) is 17.0. The third-order valence-electron chi connectivity index (χ3n) is 3.60. The number of halogens is 3. The van der Waals surface area contributed by atoms with Crippen LogP contribution in [0, 0.1) is 0 Å². The first-order valence-corrected chi connectivity index (χ1v) is 7.42. The monoisotopic (exact) mass is 382 g/mol. The zero-order chi connectivity index (χ0) is 14.5. The zero-order valence-corrected chi connectivity index (χ0v) is 14.6. The second-order valence-electron chi connectivity index (χ2n) is 4.68. The number of nitrogens with zero attached hydrogens (tertiary/aromatic N) is 1. The third-order valence-corrected chi connectivity index (χ3v) is 4.29. The quantitative estimate of drug-likeness (QED) is 0.848. The number of methoxy groups -OCH3 is 2. The average molecular weight is 384 g/mol. The Labute approximate surface area is 139 Å². The van der Waals surface area contributed by atoms with E-state index in [0.717, 1.165) is 36.2 Å². The Bertz CT molecular complexity index is 459. The Morgan fingerprint density at radius 3 is 2.33 bits per heavy atom. The minimum atomic E-state index is -0.423. The fourth-order valence-electron chi connectivity index (χ4n) is 2.50. The van der Waals surface area contributed by atoms with Gasteiger partial charge in [0, 0.05) is 30.7 Å². The van der Waals surface area contributed by atoms with Crippen molar-refractivity contribution in [2.24, 2.45) is 0 Å². The summed E-state index contributed by atoms with van der Waals surface area (Å²) in [6.45, 7) is 3.04. The molecule has 1 atom stereocenters. The first-order chi connectivity index (χ1) is 9.71. The molecule has 0 unspecified atom stereocenters. The molecule has 2 rings (SSSR count). The summed E-state index contributed by atoms with van der Waals surface area (Å²) < 4.78 is 25.0. The molecule has 0 bridgehead atoms. The number of piperazine rings is 1. The summed E-state index contributed by atoms with van der Waals surface area (Å²) in [5, 5.41) is 3.28. The van der Waals surface area contributed by atoms with Crippen LogP contribution in [0.3, 0.4) is 0 Å². The zero-order valence-electron chi connectivity index (χ0n) is 12.2. The number of nitrogens with one attached hydrogen (secondary N) is 1. The lowest BCUT2D eigenvalue weighted by atomic mass is 10.0. The van der Waals surface area contributed by atoms with E-state index >= 15 is 0 Å². The molecule has 4 nitrogen and oxygen atoms in total. The molecule has 1 N–H and O–H groups in total. The van der Waals surface area contributed by atoms with E-state index in [-0.39, 0.29) is 18.4 Å². The summed E-state index contributed by atoms with van der Waals surface area (Å²) in [5.74, 6) is 1.26. The van der Waals surface area contributed by atoms with Crippen molar-refractivity contribution in [1.82, 2.24) is 10.2 Å². The average Bonchev–Trinajstić information content (AvgIpc) is 2.50. The lowest BCUT2D eigenvalue weighted by Crippen LogP contribution is -2.45. The smallest absolute Gasteiger partial charge is 0.161 e. The van der Waals surface area contributed by atoms with Crippen LogP contribution in [0.1, 0.15) is 11.6 Å². The van der Waals surface area contributed by atoms with E-state index in [1.54, 1.807) is 14.2 Å². The number of benzene rings is 1. The Kier molecular flexibility index (Phi) is 7.73. The maximum Gasteiger partial charge on any atom is 0.161 e. The van der Waals surface area contributed by atoms with Crippen molar-refractivity contribution in [2.45, 2.75) is 6.04 Å². The van der Waals surface area contributed by atoms with Crippen molar-refractivity contribution in [3.05, 3.63) is 22.2 Å². The third kappa shape index (κ3) is 4.22. The second-order valence-corrected chi connectivity index (χ2v) is 5.54. The molecule has 0 spiro atoms. The van der Waals surface area contributed by atoms with E-state index in [0.29, 0.717) is 11.5 Å². The fourth-order valence-corrected chi connectivity index (χ4v) is 3.08. The van der Waals surface area contributed by atoms with Gasteiger partial charge in [-0.2, -0.15) is 0 Å². The number of hydrogen-bond donors (Lipinski definition) is 1. The summed E-state index contributed by atoms with van der Waals surface area (Å²) in [4.78, 5) is 2.16. The van der Waals surface area contributed by atoms with E-state index in [9.17, 15) is 4.39 Å². The molecular weight excluding hydrogens is 363 g/mol. The Morgan fingerprint density at radius 1 is 1.24 bits per heavy atom. The molecule has 1 aliphatic heterocycles. The maximum atomic E-state index is 13.6. The minimum Gasteiger partial charge on any atom is -0.493 e. The molecule has 1 aromatic carbocycles. The topological polar surface area (TPSA) is 33.7 Å². The van der Waals surface area contributed by atoms with E-state index in [1.807, 2.05) is 12.1 Å². The van der Waals surface area contributed by atoms with Gasteiger partial charge in [-0.25, -0.2) is 4.39 Å². The largest absolute Gasteiger partial charge is 0.493 e. The molecule has 7 heteroatoms. The van der Waals surface area contributed by atoms with Gasteiger partial charge in [-0.1, -0.05) is 15.9 Å². The molecule has 0 amide bonds. The SMILES string of the molecule is COc1cc(Br)c([C@H](CF)N2CCNCC2)cc1OC.Cl. The van der Waals surface area contributed by atoms with Gasteiger partial charge in [0.25, 0.3) is 0 Å². The number of rotatable bonds is 5. The van der Waals surface area contributed by atoms with E-state index < -0.39 is 6.67 Å². The molecule has 1 aromatic rings. The van der Waals surface area contributed by atoms with Gasteiger partial charge < -0.3 is 14.8 Å². The fraction of sp³-hybridized carbons (Fsp3) is 0.571. The molecule has 0 saturated carbocycles. The van der Waals surface area contributed by atoms with Gasteiger partial charge in [0.05, 0.1) is 20.3 Å². The van der Waals surface area contributed by atoms with Crippen LogP contribution in [-0.4, -0.2) is 52.0 Å². The van der Waals surface area contributed by atoms with Crippen LogP contribution in [0.2, 0.25) is 0 Å². The van der Waals surface area contributed by atoms with Crippen LogP contribution < -0.4 is 14.8 Å². The molecule has 1 saturated heterocycles. The Morgan fingerprint density at radius 2 is 1.81 bits per heavy atom. The summed E-state index contributed by atoms with van der Waals surface area (Å²) >= 11 is 3.51. The summed E-state index contributed by atoms with van der Waals surface area (Å²) in [5.41, 5.74) is 0.895. The molecule has 21 heavy (non-hydrogen) atoms. The van der Waals surface area contributed by atoms with Crippen LogP contribution in [0.5, 0.6) is 11.5 Å². The first-order valence-electron chi connectivity index (χ1n) is 6.63. The van der Waals surface area contributed by atoms with E-state index in [2.05, 4.69) is 26.1 Å². The molecule has 120 valence electrons. The van der Waals surface area contributed by atoms with Gasteiger partial charge >= 0.3 is 0 Å². The summed E-state index contributed by atoms with van der Waals surface area (Å²) in [7, 11) is 3.18. The van der Waals surface area contributed by atoms with Crippen LogP contribution >= 0.6 is 28.3 Å². The van der Waals surface area contributed by atoms with Crippen molar-refractivity contribution in [3.63, 3.8) is 0 Å². The number of alkyl halides is 1. The Hall–Kier alpha value is -0.560. The van der Waals surface area contributed by atoms with Crippen LogP contribution in [0.15, 0.2) is 16.6 Å². The maximum absolute atomic E-state index is 13.6. The highest BCUT2D eigenvalue weighted by atomic mass is 79.9. The van der Waals surface area contributed by atoms with Crippen molar-refractivity contribution in [1.29, 1.82) is 0 Å². The molecular formula is C14H21BrClFN2O2. The molecule has 0 aromatic heterocycles. The highest BCUT2D eigenvalue weighted by molar-refractivity contribution is 9.10. The Balaban J connectivity index is 0.00000220. The van der Waals surface area contributed by atoms with Gasteiger partial charge in [-0.05, 0) is 17.7 Å². The van der Waals surface area contributed by atoms with E-state index in [1.165, 1.54) is 0 Å². The van der Waals surface area contributed by atoms with Gasteiger partial charge in [0.15, 0.2) is 11.5 Å². The predicted octanol–water partition coefficient (Wildman–Crippen LogP) is 2.80. The van der Waals surface area contributed by atoms with Crippen LogP contribution in [0.25, 0.3) is 0 Å². The van der Waals surface area contributed by atoms with Gasteiger partial charge in [0.1, 0.15) is 6.67 Å². The lowest BCUT2D eigenvalue weighted by molar-refractivity contribution is 0.147. The second kappa shape index (κ2) is 8.78. The van der Waals surface area contributed by atoms with Gasteiger partial charge in [-0.15, -0.1) is 12.4 Å².